The van der Waals surface area contributed by atoms with Crippen LogP contribution in [0, 0.1) is 0 Å². The number of fused-ring (bicyclic) bond motifs is 1. The summed E-state index contributed by atoms with van der Waals surface area (Å²) in [7, 11) is 0. The zero-order valence-corrected chi connectivity index (χ0v) is 11.1. The number of anilines is 1. The van der Waals surface area contributed by atoms with Gasteiger partial charge in [-0.25, -0.2) is 0 Å². The predicted octanol–water partition coefficient (Wildman–Crippen LogP) is 2.62. The quantitative estimate of drug-likeness (QED) is 0.870. The monoisotopic (exact) mass is 270 g/mol. The van der Waals surface area contributed by atoms with Crippen LogP contribution in [0.5, 0.6) is 0 Å². The van der Waals surface area contributed by atoms with E-state index >= 15 is 0 Å². The topological polar surface area (TPSA) is 72.2 Å². The van der Waals surface area contributed by atoms with Crippen LogP contribution in [0.15, 0.2) is 28.8 Å². The van der Waals surface area contributed by atoms with E-state index in [1.54, 1.807) is 24.3 Å². The van der Waals surface area contributed by atoms with Crippen molar-refractivity contribution in [3.8, 4) is 0 Å². The van der Waals surface area contributed by atoms with Crippen molar-refractivity contribution in [2.24, 2.45) is 0 Å². The van der Waals surface area contributed by atoms with E-state index in [9.17, 15) is 9.59 Å². The summed E-state index contributed by atoms with van der Waals surface area (Å²) in [5, 5.41) is 6.59. The molecule has 0 bridgehead atoms. The van der Waals surface area contributed by atoms with Crippen molar-refractivity contribution in [2.75, 3.05) is 5.32 Å². The lowest BCUT2D eigenvalue weighted by molar-refractivity contribution is 0.100. The van der Waals surface area contributed by atoms with Gasteiger partial charge in [0.15, 0.2) is 11.5 Å². The maximum absolute atomic E-state index is 12.2. The fourth-order valence-corrected chi connectivity index (χ4v) is 2.41. The fraction of sp³-hybridized carbons (Fsp3) is 0.267. The number of Topliss-reactive ketones (excluding diaryl/α,β-unsaturated/α-hetero) is 1. The Bertz CT molecular complexity index is 688. The summed E-state index contributed by atoms with van der Waals surface area (Å²) in [5.41, 5.74) is 2.40. The van der Waals surface area contributed by atoms with Gasteiger partial charge in [0.25, 0.3) is 5.91 Å². The van der Waals surface area contributed by atoms with Gasteiger partial charge in [0.2, 0.25) is 0 Å². The molecule has 1 heterocycles. The molecule has 1 aliphatic carbocycles. The van der Waals surface area contributed by atoms with Gasteiger partial charge < -0.3 is 9.84 Å². The number of carbonyl (C=O) groups excluding carboxylic acids is 2. The third-order valence-electron chi connectivity index (χ3n) is 3.44. The van der Waals surface area contributed by atoms with Crippen LogP contribution >= 0.6 is 0 Å². The molecule has 0 unspecified atom stereocenters. The van der Waals surface area contributed by atoms with Crippen LogP contribution in [0.2, 0.25) is 0 Å². The zero-order chi connectivity index (χ0) is 14.1. The Morgan fingerprint density at radius 3 is 2.95 bits per heavy atom. The minimum Gasteiger partial charge on any atom is -0.360 e. The van der Waals surface area contributed by atoms with Crippen molar-refractivity contribution in [2.45, 2.75) is 26.2 Å². The predicted molar refractivity (Wildman–Crippen MR) is 72.9 cm³/mol. The Morgan fingerprint density at radius 2 is 2.15 bits per heavy atom. The number of nitrogens with one attached hydrogen (secondary N) is 1. The molecule has 5 heteroatoms. The Labute approximate surface area is 116 Å². The smallest absolute Gasteiger partial charge is 0.278 e. The summed E-state index contributed by atoms with van der Waals surface area (Å²) in [6.45, 7) is 1.49. The van der Waals surface area contributed by atoms with Crippen LogP contribution < -0.4 is 5.32 Å². The average Bonchev–Trinajstić information content (AvgIpc) is 3.00. The number of rotatable bonds is 3. The van der Waals surface area contributed by atoms with Crippen LogP contribution in [-0.2, 0) is 12.8 Å². The van der Waals surface area contributed by atoms with Crippen molar-refractivity contribution in [3.63, 3.8) is 0 Å². The second-order valence-electron chi connectivity index (χ2n) is 4.88. The van der Waals surface area contributed by atoms with E-state index in [-0.39, 0.29) is 11.7 Å². The first-order valence-corrected chi connectivity index (χ1v) is 6.55. The number of nitrogens with zero attached hydrogens (tertiary/aromatic N) is 1. The molecule has 5 nitrogen and oxygen atoms in total. The van der Waals surface area contributed by atoms with Crippen LogP contribution in [0.3, 0.4) is 0 Å². The molecule has 0 aliphatic heterocycles. The molecule has 1 amide bonds. The van der Waals surface area contributed by atoms with E-state index in [0.29, 0.717) is 16.9 Å². The number of carbonyl (C=O) groups is 2. The molecule has 2 aromatic rings. The van der Waals surface area contributed by atoms with Crippen molar-refractivity contribution >= 4 is 17.4 Å². The van der Waals surface area contributed by atoms with Gasteiger partial charge in [-0.2, -0.15) is 0 Å². The summed E-state index contributed by atoms with van der Waals surface area (Å²) in [5.74, 6) is 0.480. The van der Waals surface area contributed by atoms with Gasteiger partial charge >= 0.3 is 0 Å². The van der Waals surface area contributed by atoms with Gasteiger partial charge in [0, 0.05) is 23.2 Å². The maximum Gasteiger partial charge on any atom is 0.278 e. The summed E-state index contributed by atoms with van der Waals surface area (Å²) in [6, 6.07) is 6.84. The highest BCUT2D eigenvalue weighted by molar-refractivity contribution is 6.04. The third-order valence-corrected chi connectivity index (χ3v) is 3.44. The van der Waals surface area contributed by atoms with Gasteiger partial charge in [-0.15, -0.1) is 0 Å². The molecule has 0 radical (unpaired) electrons. The fourth-order valence-electron chi connectivity index (χ4n) is 2.41. The molecule has 102 valence electrons. The minimum absolute atomic E-state index is 0.0385. The van der Waals surface area contributed by atoms with Crippen LogP contribution in [0.4, 0.5) is 5.69 Å². The highest BCUT2D eigenvalue weighted by atomic mass is 16.5. The van der Waals surface area contributed by atoms with Gasteiger partial charge in [0.1, 0.15) is 5.76 Å². The first kappa shape index (κ1) is 12.6. The molecule has 1 N–H and O–H groups in total. The molecule has 1 aliphatic rings. The number of aryl methyl sites for hydroxylation is 1. The van der Waals surface area contributed by atoms with Crippen molar-refractivity contribution in [1.29, 1.82) is 0 Å². The first-order valence-electron chi connectivity index (χ1n) is 6.55. The molecule has 0 atom stereocenters. The number of amides is 1. The molecule has 3 rings (SSSR count). The van der Waals surface area contributed by atoms with Crippen molar-refractivity contribution in [3.05, 3.63) is 46.8 Å². The zero-order valence-electron chi connectivity index (χ0n) is 11.1. The van der Waals surface area contributed by atoms with E-state index in [0.717, 1.165) is 30.6 Å². The Hall–Kier alpha value is -2.43. The standard InChI is InChI=1S/C15H14N2O3/c1-9(18)10-4-2-5-11(8-10)16-15(19)14-12-6-3-7-13(12)20-17-14/h2,4-5,8H,3,6-7H2,1H3,(H,16,19). The van der Waals surface area contributed by atoms with E-state index < -0.39 is 0 Å². The van der Waals surface area contributed by atoms with Gasteiger partial charge in [-0.05, 0) is 31.9 Å². The maximum atomic E-state index is 12.2. The molecule has 1 aromatic heterocycles. The van der Waals surface area contributed by atoms with Crippen LogP contribution in [0.25, 0.3) is 0 Å². The first-order chi connectivity index (χ1) is 9.65. The molecular weight excluding hydrogens is 256 g/mol. The third kappa shape index (κ3) is 2.22. The minimum atomic E-state index is -0.294. The summed E-state index contributed by atoms with van der Waals surface area (Å²) < 4.78 is 5.16. The Morgan fingerprint density at radius 1 is 1.30 bits per heavy atom. The molecule has 0 spiro atoms. The van der Waals surface area contributed by atoms with Gasteiger partial charge in [-0.1, -0.05) is 17.3 Å². The molecular formula is C15H14N2O3. The molecule has 0 saturated carbocycles. The molecule has 20 heavy (non-hydrogen) atoms. The number of aromatic nitrogens is 1. The van der Waals surface area contributed by atoms with Crippen LogP contribution in [0.1, 0.15) is 45.5 Å². The van der Waals surface area contributed by atoms with E-state index in [4.69, 9.17) is 4.52 Å². The SMILES string of the molecule is CC(=O)c1cccc(NC(=O)c2noc3c2CCC3)c1. The summed E-state index contributed by atoms with van der Waals surface area (Å²) >= 11 is 0. The Kier molecular flexibility index (Phi) is 3.10. The number of hydrogen-bond donors (Lipinski definition) is 1. The summed E-state index contributed by atoms with van der Waals surface area (Å²) in [6.07, 6.45) is 2.67. The second-order valence-corrected chi connectivity index (χ2v) is 4.88. The lowest BCUT2D eigenvalue weighted by Gasteiger charge is -2.05. The number of hydrogen-bond acceptors (Lipinski definition) is 4. The van der Waals surface area contributed by atoms with Gasteiger partial charge in [0.05, 0.1) is 0 Å². The van der Waals surface area contributed by atoms with E-state index in [1.165, 1.54) is 6.92 Å². The number of benzene rings is 1. The van der Waals surface area contributed by atoms with Crippen LogP contribution in [-0.4, -0.2) is 16.8 Å². The highest BCUT2D eigenvalue weighted by Crippen LogP contribution is 2.25. The molecule has 0 saturated heterocycles. The van der Waals surface area contributed by atoms with Crippen molar-refractivity contribution in [1.82, 2.24) is 5.16 Å². The lowest BCUT2D eigenvalue weighted by atomic mass is 10.1. The van der Waals surface area contributed by atoms with E-state index in [2.05, 4.69) is 10.5 Å². The molecule has 0 fully saturated rings. The largest absolute Gasteiger partial charge is 0.360 e. The second kappa shape index (κ2) is 4.92. The van der Waals surface area contributed by atoms with Gasteiger partial charge in [-0.3, -0.25) is 9.59 Å². The lowest BCUT2D eigenvalue weighted by Crippen LogP contribution is -2.14. The summed E-state index contributed by atoms with van der Waals surface area (Å²) in [4.78, 5) is 23.5. The van der Waals surface area contributed by atoms with Crippen molar-refractivity contribution < 1.29 is 14.1 Å². The highest BCUT2D eigenvalue weighted by Gasteiger charge is 2.25. The Balaban J connectivity index is 1.82. The van der Waals surface area contributed by atoms with E-state index in [1.807, 2.05) is 0 Å². The number of ketones is 1. The normalized spacial score (nSPS) is 13.1. The average molecular weight is 270 g/mol. The molecule has 1 aromatic carbocycles.